The smallest absolute Gasteiger partial charge is 0.243 e. The second-order valence-corrected chi connectivity index (χ2v) is 6.02. The first-order chi connectivity index (χ1) is 8.92. The number of nitrogens with one attached hydrogen (secondary N) is 2. The number of piperidine rings is 1. The van der Waals surface area contributed by atoms with Gasteiger partial charge >= 0.3 is 0 Å². The molecule has 0 aliphatic carbocycles. The Hall–Kier alpha value is -1.12. The lowest BCUT2D eigenvalue weighted by Gasteiger charge is -2.23. The molecular weight excluding hydrogens is 281 g/mol. The number of hydrogen-bond acceptors (Lipinski definition) is 3. The number of sulfonamides is 1. The zero-order valence-corrected chi connectivity index (χ0v) is 10.7. The molecule has 1 aromatic rings. The van der Waals surface area contributed by atoms with Crippen LogP contribution < -0.4 is 10.0 Å². The molecule has 2 N–H and O–H groups in total. The van der Waals surface area contributed by atoms with Crippen LogP contribution in [0.1, 0.15) is 12.8 Å². The summed E-state index contributed by atoms with van der Waals surface area (Å²) in [5.74, 6) is -4.91. The van der Waals surface area contributed by atoms with Crippen molar-refractivity contribution >= 4 is 10.0 Å². The van der Waals surface area contributed by atoms with E-state index >= 15 is 0 Å². The van der Waals surface area contributed by atoms with Crippen molar-refractivity contribution in [3.8, 4) is 0 Å². The molecule has 1 aromatic carbocycles. The molecule has 0 bridgehead atoms. The van der Waals surface area contributed by atoms with Crippen molar-refractivity contribution in [2.24, 2.45) is 0 Å². The van der Waals surface area contributed by atoms with Crippen LogP contribution in [-0.4, -0.2) is 27.5 Å². The van der Waals surface area contributed by atoms with Gasteiger partial charge in [-0.1, -0.05) is 0 Å². The highest BCUT2D eigenvalue weighted by atomic mass is 32.2. The summed E-state index contributed by atoms with van der Waals surface area (Å²) >= 11 is 0. The van der Waals surface area contributed by atoms with Gasteiger partial charge in [0.15, 0.2) is 17.5 Å². The van der Waals surface area contributed by atoms with E-state index in [4.69, 9.17) is 0 Å². The van der Waals surface area contributed by atoms with Gasteiger partial charge in [-0.15, -0.1) is 0 Å². The predicted molar refractivity (Wildman–Crippen MR) is 62.5 cm³/mol. The highest BCUT2D eigenvalue weighted by Gasteiger charge is 2.27. The van der Waals surface area contributed by atoms with E-state index in [1.807, 2.05) is 0 Å². The maximum absolute atomic E-state index is 13.5. The van der Waals surface area contributed by atoms with Gasteiger partial charge in [-0.05, 0) is 31.5 Å². The average Bonchev–Trinajstić information content (AvgIpc) is 2.36. The molecule has 0 saturated carbocycles. The fourth-order valence-electron chi connectivity index (χ4n) is 1.95. The van der Waals surface area contributed by atoms with Gasteiger partial charge in [0.25, 0.3) is 0 Å². The highest BCUT2D eigenvalue weighted by molar-refractivity contribution is 7.89. The largest absolute Gasteiger partial charge is 0.315 e. The molecule has 1 atom stereocenters. The molecule has 4 nitrogen and oxygen atoms in total. The molecule has 106 valence electrons. The van der Waals surface area contributed by atoms with Gasteiger partial charge in [-0.25, -0.2) is 26.3 Å². The lowest BCUT2D eigenvalue weighted by atomic mass is 10.1. The number of rotatable bonds is 3. The lowest BCUT2D eigenvalue weighted by molar-refractivity contribution is 0.419. The van der Waals surface area contributed by atoms with Crippen LogP contribution in [0.25, 0.3) is 0 Å². The van der Waals surface area contributed by atoms with Crippen molar-refractivity contribution in [1.29, 1.82) is 0 Å². The molecule has 0 spiro atoms. The van der Waals surface area contributed by atoms with Gasteiger partial charge in [0.2, 0.25) is 10.0 Å². The van der Waals surface area contributed by atoms with Gasteiger partial charge in [0, 0.05) is 12.6 Å². The summed E-state index contributed by atoms with van der Waals surface area (Å²) in [6, 6.07) is 0.921. The molecule has 1 saturated heterocycles. The fraction of sp³-hybridized carbons (Fsp3) is 0.455. The van der Waals surface area contributed by atoms with E-state index in [1.165, 1.54) is 0 Å². The molecule has 1 aliphatic heterocycles. The summed E-state index contributed by atoms with van der Waals surface area (Å²) in [6.45, 7) is 1.21. The van der Waals surface area contributed by atoms with E-state index in [2.05, 4.69) is 10.0 Å². The molecule has 1 heterocycles. The minimum absolute atomic E-state index is 0.383. The highest BCUT2D eigenvalue weighted by Crippen LogP contribution is 2.20. The van der Waals surface area contributed by atoms with Crippen LogP contribution in [0.4, 0.5) is 13.2 Å². The Morgan fingerprint density at radius 3 is 2.58 bits per heavy atom. The topological polar surface area (TPSA) is 58.2 Å². The first-order valence-corrected chi connectivity index (χ1v) is 7.26. The van der Waals surface area contributed by atoms with E-state index in [1.54, 1.807) is 0 Å². The lowest BCUT2D eigenvalue weighted by Crippen LogP contribution is -2.45. The molecule has 0 aromatic heterocycles. The first-order valence-electron chi connectivity index (χ1n) is 5.78. The van der Waals surface area contributed by atoms with E-state index in [9.17, 15) is 21.6 Å². The Morgan fingerprint density at radius 1 is 1.21 bits per heavy atom. The van der Waals surface area contributed by atoms with Crippen molar-refractivity contribution in [1.82, 2.24) is 10.0 Å². The maximum atomic E-state index is 13.5. The molecule has 1 aliphatic rings. The van der Waals surface area contributed by atoms with Crippen molar-refractivity contribution in [2.45, 2.75) is 23.8 Å². The third kappa shape index (κ3) is 3.07. The molecule has 8 heteroatoms. The monoisotopic (exact) mass is 294 g/mol. The predicted octanol–water partition coefficient (Wildman–Crippen LogP) is 1.13. The summed E-state index contributed by atoms with van der Waals surface area (Å²) in [7, 11) is -4.20. The quantitative estimate of drug-likeness (QED) is 0.822. The van der Waals surface area contributed by atoms with Crippen LogP contribution in [0.5, 0.6) is 0 Å². The van der Waals surface area contributed by atoms with Crippen LogP contribution in [0, 0.1) is 17.5 Å². The van der Waals surface area contributed by atoms with Gasteiger partial charge in [0.1, 0.15) is 4.90 Å². The third-order valence-electron chi connectivity index (χ3n) is 2.91. The summed E-state index contributed by atoms with van der Waals surface area (Å²) < 4.78 is 65.4. The Bertz CT molecular complexity index is 572. The number of benzene rings is 1. The Kier molecular flexibility index (Phi) is 4.12. The summed E-state index contributed by atoms with van der Waals surface area (Å²) in [4.78, 5) is -0.878. The van der Waals surface area contributed by atoms with Crippen LogP contribution >= 0.6 is 0 Å². The Labute approximate surface area is 109 Å². The van der Waals surface area contributed by atoms with E-state index in [-0.39, 0.29) is 6.04 Å². The first kappa shape index (κ1) is 14.3. The molecule has 1 unspecified atom stereocenters. The van der Waals surface area contributed by atoms with Crippen molar-refractivity contribution in [3.63, 3.8) is 0 Å². The summed E-state index contributed by atoms with van der Waals surface area (Å²) in [5, 5.41) is 2.99. The van der Waals surface area contributed by atoms with Crippen LogP contribution in [0.3, 0.4) is 0 Å². The van der Waals surface area contributed by atoms with Gasteiger partial charge in [-0.2, -0.15) is 0 Å². The number of halogens is 3. The second-order valence-electron chi connectivity index (χ2n) is 4.34. The van der Waals surface area contributed by atoms with Crippen molar-refractivity contribution in [3.05, 3.63) is 29.6 Å². The van der Waals surface area contributed by atoms with E-state index < -0.39 is 32.4 Å². The zero-order valence-electron chi connectivity index (χ0n) is 9.92. The molecule has 0 radical (unpaired) electrons. The summed E-state index contributed by atoms with van der Waals surface area (Å²) in [5.41, 5.74) is 0. The van der Waals surface area contributed by atoms with Gasteiger partial charge in [-0.3, -0.25) is 0 Å². The standard InChI is InChI=1S/C11H13F3N2O2S/c12-8-3-4-9(11(14)10(8)13)19(17,18)16-7-2-1-5-15-6-7/h3-4,7,15-16H,1-2,5-6H2. The molecule has 1 fully saturated rings. The fourth-order valence-corrected chi connectivity index (χ4v) is 3.29. The van der Waals surface area contributed by atoms with Crippen LogP contribution in [-0.2, 0) is 10.0 Å². The van der Waals surface area contributed by atoms with Crippen LogP contribution in [0.2, 0.25) is 0 Å². The Balaban J connectivity index is 2.26. The maximum Gasteiger partial charge on any atom is 0.243 e. The zero-order chi connectivity index (χ0) is 14.0. The van der Waals surface area contributed by atoms with Crippen molar-refractivity contribution in [2.75, 3.05) is 13.1 Å². The molecular formula is C11H13F3N2O2S. The SMILES string of the molecule is O=S(=O)(NC1CCCNC1)c1ccc(F)c(F)c1F. The van der Waals surface area contributed by atoms with Gasteiger partial charge in [0.05, 0.1) is 0 Å². The second kappa shape index (κ2) is 5.48. The molecule has 19 heavy (non-hydrogen) atoms. The van der Waals surface area contributed by atoms with Gasteiger partial charge < -0.3 is 5.32 Å². The van der Waals surface area contributed by atoms with E-state index in [0.29, 0.717) is 25.1 Å². The summed E-state index contributed by atoms with van der Waals surface area (Å²) in [6.07, 6.45) is 1.39. The molecule has 0 amide bonds. The van der Waals surface area contributed by atoms with E-state index in [0.717, 1.165) is 13.0 Å². The average molecular weight is 294 g/mol. The minimum Gasteiger partial charge on any atom is -0.315 e. The Morgan fingerprint density at radius 2 is 1.95 bits per heavy atom. The van der Waals surface area contributed by atoms with Crippen LogP contribution in [0.15, 0.2) is 17.0 Å². The normalized spacial score (nSPS) is 20.5. The molecule has 2 rings (SSSR count). The number of hydrogen-bond donors (Lipinski definition) is 2. The minimum atomic E-state index is -4.20. The van der Waals surface area contributed by atoms with Crippen molar-refractivity contribution < 1.29 is 21.6 Å². The third-order valence-corrected chi connectivity index (χ3v) is 4.45.